The molecule has 5 rings (SSSR count). The van der Waals surface area contributed by atoms with E-state index in [1.165, 1.54) is 38.0 Å². The molecule has 3 aliphatic rings. The fourth-order valence-corrected chi connectivity index (χ4v) is 8.75. The Bertz CT molecular complexity index is 2380. The molecule has 72 heavy (non-hydrogen) atoms. The standard InChI is InChI=1S/C51H69ClN6O14/c1-30-12-11-13-40(67-10)51(65)29-39(70-49(64)56-51)32(3)46-50(5,72-46)41(28-44(61)58(8)37-26-34(24-30)27-38(66-9)45(37)52)71-48(63)33(4)57(7)43(60)18-20-68-22-23-69-21-19-54-47(62)35-14-16-36(17-15-35)55-42(59)25-31(2)53-6/h11-17,26-27,32-33,39-41,46,65H,18-25,28-29H2,1-10H3,(H,54,62)(H,55,59)(H,56,64). The van der Waals surface area contributed by atoms with Gasteiger partial charge in [0.15, 0.2) is 5.72 Å². The van der Waals surface area contributed by atoms with Crippen LogP contribution in [0.4, 0.5) is 16.2 Å². The predicted octanol–water partition coefficient (Wildman–Crippen LogP) is 4.79. The number of hydrogen-bond donors (Lipinski definition) is 4. The molecule has 3 heterocycles. The number of rotatable bonds is 18. The molecule has 3 aliphatic heterocycles. The molecule has 0 saturated carbocycles. The van der Waals surface area contributed by atoms with Crippen molar-refractivity contribution in [3.63, 3.8) is 0 Å². The normalized spacial score (nSPS) is 24.9. The van der Waals surface area contributed by atoms with Crippen molar-refractivity contribution < 1.29 is 67.0 Å². The second-order valence-corrected chi connectivity index (χ2v) is 18.8. The van der Waals surface area contributed by atoms with Crippen LogP contribution < -0.4 is 25.6 Å². The molecule has 0 radical (unpaired) electrons. The SMILES string of the molecule is CN=C(C)CC(=O)Nc1ccc(C(=O)NCCOCCOCCC(=O)N(C)C(C)C(=O)OC2CC(=O)N(C)c3cc(cc(OC)c3Cl)CC(C)=CC=CC(OC)C3(O)CC(OC(=O)N3)C(C)C3OC23C)cc1. The molecule has 0 spiro atoms. The first-order valence-corrected chi connectivity index (χ1v) is 24.1. The number of allylic oxidation sites excluding steroid dienone is 3. The van der Waals surface area contributed by atoms with Crippen molar-refractivity contribution in [3.8, 4) is 5.75 Å². The zero-order valence-corrected chi connectivity index (χ0v) is 43.5. The highest BCUT2D eigenvalue weighted by atomic mass is 35.5. The summed E-state index contributed by atoms with van der Waals surface area (Å²) in [6.45, 7) is 9.50. The number of fused-ring (bicyclic) bond motifs is 5. The molecular weight excluding hydrogens is 956 g/mol. The van der Waals surface area contributed by atoms with Crippen molar-refractivity contribution in [2.45, 2.75) is 109 Å². The summed E-state index contributed by atoms with van der Waals surface area (Å²) in [5.41, 5.74) is 0.573. The number of carbonyl (C=O) groups excluding carboxylic acids is 6. The number of ether oxygens (including phenoxy) is 7. The van der Waals surface area contributed by atoms with Gasteiger partial charge < -0.3 is 58.7 Å². The van der Waals surface area contributed by atoms with E-state index in [4.69, 9.17) is 44.8 Å². The Morgan fingerprint density at radius 2 is 1.78 bits per heavy atom. The number of hydrogen-bond acceptors (Lipinski definition) is 15. The van der Waals surface area contributed by atoms with Crippen molar-refractivity contribution >= 4 is 64.4 Å². The number of amides is 5. The van der Waals surface area contributed by atoms with Gasteiger partial charge in [-0.15, -0.1) is 0 Å². The van der Waals surface area contributed by atoms with Gasteiger partial charge in [0, 0.05) is 64.1 Å². The second-order valence-electron chi connectivity index (χ2n) is 18.4. The predicted molar refractivity (Wildman–Crippen MR) is 268 cm³/mol. The number of benzene rings is 2. The summed E-state index contributed by atoms with van der Waals surface area (Å²) in [5, 5.41) is 20.1. The Hall–Kier alpha value is -5.90. The number of anilines is 2. The van der Waals surface area contributed by atoms with Crippen LogP contribution in [0.2, 0.25) is 5.02 Å². The van der Waals surface area contributed by atoms with Gasteiger partial charge in [-0.05, 0) is 76.1 Å². The van der Waals surface area contributed by atoms with Crippen LogP contribution in [-0.4, -0.2) is 162 Å². The first-order valence-electron chi connectivity index (χ1n) is 23.7. The number of nitrogens with one attached hydrogen (secondary N) is 3. The van der Waals surface area contributed by atoms with E-state index in [0.717, 1.165) is 11.1 Å². The summed E-state index contributed by atoms with van der Waals surface area (Å²) in [7, 11) is 7.53. The van der Waals surface area contributed by atoms with Gasteiger partial charge in [-0.25, -0.2) is 9.59 Å². The lowest BCUT2D eigenvalue weighted by Gasteiger charge is -2.42. The minimum atomic E-state index is -1.87. The molecule has 2 fully saturated rings. The Morgan fingerprint density at radius 3 is 2.44 bits per heavy atom. The van der Waals surface area contributed by atoms with Gasteiger partial charge in [0.1, 0.15) is 40.7 Å². The summed E-state index contributed by atoms with van der Waals surface area (Å²) < 4.78 is 40.5. The molecule has 4 N–H and O–H groups in total. The number of nitrogens with zero attached hydrogens (tertiary/aromatic N) is 3. The number of alkyl carbamates (subject to hydrolysis) is 1. The van der Waals surface area contributed by atoms with E-state index in [0.29, 0.717) is 34.8 Å². The second kappa shape index (κ2) is 25.7. The molecule has 4 bridgehead atoms. The van der Waals surface area contributed by atoms with Crippen molar-refractivity contribution in [1.29, 1.82) is 0 Å². The zero-order chi connectivity index (χ0) is 52.9. The molecule has 2 aromatic rings. The van der Waals surface area contributed by atoms with E-state index in [2.05, 4.69) is 20.9 Å². The van der Waals surface area contributed by atoms with E-state index in [-0.39, 0.29) is 75.5 Å². The first-order chi connectivity index (χ1) is 34.1. The lowest BCUT2D eigenvalue weighted by molar-refractivity contribution is -0.162. The van der Waals surface area contributed by atoms with E-state index < -0.39 is 71.6 Å². The molecule has 0 aromatic heterocycles. The highest BCUT2D eigenvalue weighted by Crippen LogP contribution is 2.49. The maximum Gasteiger partial charge on any atom is 0.409 e. The Labute approximate surface area is 425 Å². The molecule has 5 amide bonds. The van der Waals surface area contributed by atoms with Gasteiger partial charge in [0.05, 0.1) is 64.6 Å². The summed E-state index contributed by atoms with van der Waals surface area (Å²) in [4.78, 5) is 85.8. The van der Waals surface area contributed by atoms with Crippen molar-refractivity contribution in [2.24, 2.45) is 10.9 Å². The van der Waals surface area contributed by atoms with Crippen molar-refractivity contribution in [2.75, 3.05) is 78.6 Å². The summed E-state index contributed by atoms with van der Waals surface area (Å²) >= 11 is 6.80. The third kappa shape index (κ3) is 14.8. The number of aliphatic imine (C=N–C) groups is 1. The number of methoxy groups -OCH3 is 2. The van der Waals surface area contributed by atoms with Gasteiger partial charge in [-0.2, -0.15) is 0 Å². The topological polar surface area (TPSA) is 245 Å². The molecule has 21 heteroatoms. The largest absolute Gasteiger partial charge is 0.495 e. The van der Waals surface area contributed by atoms with E-state index in [1.807, 2.05) is 13.0 Å². The Kier molecular flexibility index (Phi) is 20.3. The molecule has 8 atom stereocenters. The lowest BCUT2D eigenvalue weighted by atomic mass is 9.83. The monoisotopic (exact) mass is 1020 g/mol. The highest BCUT2D eigenvalue weighted by molar-refractivity contribution is 6.35. The molecule has 2 aromatic carbocycles. The average molecular weight is 1030 g/mol. The highest BCUT2D eigenvalue weighted by Gasteiger charge is 2.64. The van der Waals surface area contributed by atoms with Crippen LogP contribution in [0.15, 0.2) is 65.2 Å². The molecule has 2 saturated heterocycles. The van der Waals surface area contributed by atoms with E-state index >= 15 is 0 Å². The van der Waals surface area contributed by atoms with Gasteiger partial charge >= 0.3 is 12.1 Å². The van der Waals surface area contributed by atoms with Crippen LogP contribution >= 0.6 is 11.6 Å². The smallest absolute Gasteiger partial charge is 0.409 e. The van der Waals surface area contributed by atoms with Gasteiger partial charge in [-0.1, -0.05) is 42.3 Å². The molecular formula is C51H69ClN6O14. The number of epoxide rings is 1. The van der Waals surface area contributed by atoms with Crippen molar-refractivity contribution in [1.82, 2.24) is 15.5 Å². The van der Waals surface area contributed by atoms with E-state index in [1.54, 1.807) is 83.4 Å². The summed E-state index contributed by atoms with van der Waals surface area (Å²) in [6, 6.07) is 8.95. The molecule has 20 nitrogen and oxygen atoms in total. The maximum absolute atomic E-state index is 14.3. The van der Waals surface area contributed by atoms with Crippen LogP contribution in [0.25, 0.3) is 0 Å². The third-order valence-electron chi connectivity index (χ3n) is 13.1. The van der Waals surface area contributed by atoms with E-state index in [9.17, 15) is 33.9 Å². The Balaban J connectivity index is 1.17. The van der Waals surface area contributed by atoms with Crippen LogP contribution in [0.1, 0.15) is 76.2 Å². The van der Waals surface area contributed by atoms with Crippen molar-refractivity contribution in [3.05, 3.63) is 76.3 Å². The number of aliphatic hydroxyl groups is 1. The minimum absolute atomic E-state index is 0.0322. The van der Waals surface area contributed by atoms with Crippen LogP contribution in [-0.2, 0) is 54.0 Å². The lowest BCUT2D eigenvalue weighted by Crippen LogP contribution is -2.63. The van der Waals surface area contributed by atoms with Crippen LogP contribution in [0, 0.1) is 5.92 Å². The summed E-state index contributed by atoms with van der Waals surface area (Å²) in [6.07, 6.45) is 0.646. The molecule has 8 unspecified atom stereocenters. The van der Waals surface area contributed by atoms with Gasteiger partial charge in [-0.3, -0.25) is 29.5 Å². The average Bonchev–Trinajstić information content (AvgIpc) is 4.05. The quantitative estimate of drug-likeness (QED) is 0.0680. The minimum Gasteiger partial charge on any atom is -0.495 e. The zero-order valence-electron chi connectivity index (χ0n) is 42.7. The number of carbonyl (C=O) groups is 6. The number of esters is 1. The first kappa shape index (κ1) is 57.0. The third-order valence-corrected chi connectivity index (χ3v) is 13.5. The maximum atomic E-state index is 14.3. The van der Waals surface area contributed by atoms with Crippen LogP contribution in [0.3, 0.4) is 0 Å². The van der Waals surface area contributed by atoms with Gasteiger partial charge in [0.2, 0.25) is 17.7 Å². The number of likely N-dealkylation sites (N-methyl/N-ethyl adjacent to an activating group) is 1. The fourth-order valence-electron chi connectivity index (χ4n) is 8.44. The summed E-state index contributed by atoms with van der Waals surface area (Å²) in [5.74, 6) is -2.43. The Morgan fingerprint density at radius 1 is 1.08 bits per heavy atom. The molecule has 394 valence electrons. The van der Waals surface area contributed by atoms with Gasteiger partial charge in [0.25, 0.3) is 5.91 Å². The van der Waals surface area contributed by atoms with Crippen LogP contribution in [0.5, 0.6) is 5.75 Å². The molecule has 0 aliphatic carbocycles. The fraction of sp³-hybridized carbons (Fsp3) is 0.549. The number of halogens is 1.